The number of aryl methyl sites for hydroxylation is 1. The number of benzene rings is 1. The van der Waals surface area contributed by atoms with Gasteiger partial charge in [-0.05, 0) is 24.1 Å². The number of halogens is 4. The Labute approximate surface area is 184 Å². The number of aliphatic imine (C=N–C) groups is 1. The van der Waals surface area contributed by atoms with E-state index in [1.807, 2.05) is 7.05 Å². The first-order valence-corrected chi connectivity index (χ1v) is 9.03. The zero-order chi connectivity index (χ0) is 20.1. The maximum absolute atomic E-state index is 12.7. The van der Waals surface area contributed by atoms with E-state index >= 15 is 0 Å². The van der Waals surface area contributed by atoms with Gasteiger partial charge >= 0.3 is 6.18 Å². The monoisotopic (exact) mass is 523 g/mol. The maximum Gasteiger partial charge on any atom is 0.416 e. The van der Waals surface area contributed by atoms with Crippen LogP contribution in [0.3, 0.4) is 0 Å². The molecule has 7 nitrogen and oxygen atoms in total. The van der Waals surface area contributed by atoms with Crippen molar-refractivity contribution in [1.82, 2.24) is 30.3 Å². The summed E-state index contributed by atoms with van der Waals surface area (Å²) in [7, 11) is 3.54. The summed E-state index contributed by atoms with van der Waals surface area (Å²) in [5.74, 6) is 1.49. The molecule has 0 spiro atoms. The summed E-state index contributed by atoms with van der Waals surface area (Å²) in [5, 5.41) is 10.6. The molecule has 1 aromatic heterocycles. The van der Waals surface area contributed by atoms with Crippen LogP contribution in [0.15, 0.2) is 35.6 Å². The molecule has 160 valence electrons. The second kappa shape index (κ2) is 10.2. The first-order valence-electron chi connectivity index (χ1n) is 9.03. The molecule has 2 heterocycles. The molecule has 0 aliphatic carbocycles. The minimum atomic E-state index is -4.30. The Morgan fingerprint density at radius 1 is 1.28 bits per heavy atom. The van der Waals surface area contributed by atoms with Gasteiger partial charge in [0.1, 0.15) is 12.2 Å². The summed E-state index contributed by atoms with van der Waals surface area (Å²) in [6.07, 6.45) is -1.86. The van der Waals surface area contributed by atoms with Gasteiger partial charge in [-0.1, -0.05) is 12.1 Å². The van der Waals surface area contributed by atoms with E-state index in [2.05, 4.69) is 30.6 Å². The average Bonchev–Trinajstić information content (AvgIpc) is 3.27. The minimum Gasteiger partial charge on any atom is -0.352 e. The molecule has 2 aromatic rings. The number of hydrogen-bond donors (Lipinski definition) is 2. The number of alkyl halides is 3. The van der Waals surface area contributed by atoms with Crippen LogP contribution in [-0.2, 0) is 26.3 Å². The standard InChI is InChI=1S/C18H24F3N7.HI/c1-22-17(23-9-16-24-12-25-27(16)2)26-15-7-8-28(11-15)10-13-3-5-14(6-4-13)18(19,20)21;/h3-6,12,15H,7-11H2,1-2H3,(H2,22,23,26);1H. The molecular formula is C18H25F3IN7. The highest BCUT2D eigenvalue weighted by atomic mass is 127. The molecule has 0 saturated carbocycles. The third-order valence-electron chi connectivity index (χ3n) is 4.74. The summed E-state index contributed by atoms with van der Waals surface area (Å²) in [5.41, 5.74) is 0.258. The molecule has 11 heteroatoms. The lowest BCUT2D eigenvalue weighted by Gasteiger charge is -2.19. The Bertz CT molecular complexity index is 805. The number of guanidine groups is 1. The number of nitrogens with zero attached hydrogens (tertiary/aromatic N) is 5. The zero-order valence-corrected chi connectivity index (χ0v) is 18.6. The van der Waals surface area contributed by atoms with E-state index in [4.69, 9.17) is 0 Å². The predicted octanol–water partition coefficient (Wildman–Crippen LogP) is 2.39. The van der Waals surface area contributed by atoms with Crippen LogP contribution in [0.25, 0.3) is 0 Å². The van der Waals surface area contributed by atoms with Gasteiger partial charge in [-0.15, -0.1) is 24.0 Å². The van der Waals surface area contributed by atoms with E-state index in [0.29, 0.717) is 19.0 Å². The molecule has 1 aliphatic rings. The van der Waals surface area contributed by atoms with Crippen molar-refractivity contribution in [2.75, 3.05) is 20.1 Å². The molecule has 0 amide bonds. The molecule has 3 rings (SSSR count). The third-order valence-corrected chi connectivity index (χ3v) is 4.74. The molecule has 2 N–H and O–H groups in total. The first-order chi connectivity index (χ1) is 13.3. The lowest BCUT2D eigenvalue weighted by molar-refractivity contribution is -0.137. The van der Waals surface area contributed by atoms with Crippen molar-refractivity contribution in [2.24, 2.45) is 12.0 Å². The van der Waals surface area contributed by atoms with Gasteiger partial charge in [-0.2, -0.15) is 18.3 Å². The number of aromatic nitrogens is 3. The largest absolute Gasteiger partial charge is 0.416 e. The fourth-order valence-corrected chi connectivity index (χ4v) is 3.18. The molecule has 1 fully saturated rings. The zero-order valence-electron chi connectivity index (χ0n) is 16.3. The SMILES string of the molecule is CN=C(NCc1ncnn1C)NC1CCN(Cc2ccc(C(F)(F)F)cc2)C1.I. The maximum atomic E-state index is 12.7. The molecule has 29 heavy (non-hydrogen) atoms. The minimum absolute atomic E-state index is 0. The Balaban J connectivity index is 0.00000300. The molecular weight excluding hydrogens is 498 g/mol. The number of rotatable bonds is 5. The average molecular weight is 523 g/mol. The predicted molar refractivity (Wildman–Crippen MR) is 115 cm³/mol. The van der Waals surface area contributed by atoms with Crippen LogP contribution in [-0.4, -0.2) is 51.8 Å². The smallest absolute Gasteiger partial charge is 0.352 e. The van der Waals surface area contributed by atoms with Crippen LogP contribution in [0.1, 0.15) is 23.4 Å². The molecule has 1 saturated heterocycles. The second-order valence-corrected chi connectivity index (χ2v) is 6.79. The van der Waals surface area contributed by atoms with Crippen LogP contribution in [0.2, 0.25) is 0 Å². The summed E-state index contributed by atoms with van der Waals surface area (Å²) in [6.45, 7) is 2.81. The van der Waals surface area contributed by atoms with Gasteiger partial charge in [0.25, 0.3) is 0 Å². The fraction of sp³-hybridized carbons (Fsp3) is 0.500. The van der Waals surface area contributed by atoms with Crippen LogP contribution >= 0.6 is 24.0 Å². The Morgan fingerprint density at radius 2 is 2.00 bits per heavy atom. The third kappa shape index (κ3) is 6.56. The lowest BCUT2D eigenvalue weighted by atomic mass is 10.1. The number of nitrogens with one attached hydrogen (secondary N) is 2. The van der Waals surface area contributed by atoms with Crippen molar-refractivity contribution in [3.05, 3.63) is 47.5 Å². The van der Waals surface area contributed by atoms with Gasteiger partial charge in [0.2, 0.25) is 0 Å². The highest BCUT2D eigenvalue weighted by Gasteiger charge is 2.30. The van der Waals surface area contributed by atoms with E-state index in [1.165, 1.54) is 6.33 Å². The van der Waals surface area contributed by atoms with E-state index in [0.717, 1.165) is 43.0 Å². The van der Waals surface area contributed by atoms with Crippen molar-refractivity contribution in [1.29, 1.82) is 0 Å². The van der Waals surface area contributed by atoms with Crippen LogP contribution in [0.4, 0.5) is 13.2 Å². The Kier molecular flexibility index (Phi) is 8.25. The first kappa shape index (κ1) is 23.4. The Morgan fingerprint density at radius 3 is 2.59 bits per heavy atom. The van der Waals surface area contributed by atoms with Crippen molar-refractivity contribution in [3.8, 4) is 0 Å². The van der Waals surface area contributed by atoms with E-state index in [-0.39, 0.29) is 30.0 Å². The summed E-state index contributed by atoms with van der Waals surface area (Å²) < 4.78 is 39.7. The fourth-order valence-electron chi connectivity index (χ4n) is 3.18. The van der Waals surface area contributed by atoms with E-state index < -0.39 is 11.7 Å². The van der Waals surface area contributed by atoms with Crippen LogP contribution < -0.4 is 10.6 Å². The molecule has 1 aliphatic heterocycles. The lowest BCUT2D eigenvalue weighted by Crippen LogP contribution is -2.44. The van der Waals surface area contributed by atoms with Crippen molar-refractivity contribution in [2.45, 2.75) is 31.7 Å². The van der Waals surface area contributed by atoms with Crippen molar-refractivity contribution in [3.63, 3.8) is 0 Å². The molecule has 1 atom stereocenters. The van der Waals surface area contributed by atoms with Gasteiger partial charge in [0.15, 0.2) is 5.96 Å². The normalized spacial score (nSPS) is 17.8. The topological polar surface area (TPSA) is 70.4 Å². The van der Waals surface area contributed by atoms with E-state index in [1.54, 1.807) is 23.9 Å². The summed E-state index contributed by atoms with van der Waals surface area (Å²) in [4.78, 5) is 10.6. The second-order valence-electron chi connectivity index (χ2n) is 6.79. The number of hydrogen-bond acceptors (Lipinski definition) is 4. The summed E-state index contributed by atoms with van der Waals surface area (Å²) in [6, 6.07) is 5.59. The van der Waals surface area contributed by atoms with Gasteiger partial charge in [0.05, 0.1) is 12.1 Å². The highest BCUT2D eigenvalue weighted by Crippen LogP contribution is 2.29. The molecule has 0 bridgehead atoms. The van der Waals surface area contributed by atoms with Gasteiger partial charge in [0, 0.05) is 39.8 Å². The quantitative estimate of drug-likeness (QED) is 0.358. The van der Waals surface area contributed by atoms with Crippen LogP contribution in [0, 0.1) is 0 Å². The van der Waals surface area contributed by atoms with Crippen molar-refractivity contribution >= 4 is 29.9 Å². The van der Waals surface area contributed by atoms with Gasteiger partial charge in [-0.3, -0.25) is 14.6 Å². The van der Waals surface area contributed by atoms with Crippen LogP contribution in [0.5, 0.6) is 0 Å². The molecule has 1 aromatic carbocycles. The number of likely N-dealkylation sites (tertiary alicyclic amines) is 1. The van der Waals surface area contributed by atoms with Gasteiger partial charge < -0.3 is 10.6 Å². The van der Waals surface area contributed by atoms with Gasteiger partial charge in [-0.25, -0.2) is 4.98 Å². The Hall–Kier alpha value is -1.89. The van der Waals surface area contributed by atoms with Crippen molar-refractivity contribution < 1.29 is 13.2 Å². The van der Waals surface area contributed by atoms with E-state index in [9.17, 15) is 13.2 Å². The molecule has 0 radical (unpaired) electrons. The molecule has 1 unspecified atom stereocenters. The summed E-state index contributed by atoms with van der Waals surface area (Å²) >= 11 is 0. The highest BCUT2D eigenvalue weighted by molar-refractivity contribution is 14.0.